The Labute approximate surface area is 103 Å². The molecule has 1 saturated heterocycles. The highest BCUT2D eigenvalue weighted by atomic mass is 15.2. The van der Waals surface area contributed by atoms with E-state index in [1.807, 2.05) is 12.3 Å². The molecule has 17 heavy (non-hydrogen) atoms. The lowest BCUT2D eigenvalue weighted by Gasteiger charge is -2.15. The van der Waals surface area contributed by atoms with Crippen molar-refractivity contribution in [1.82, 2.24) is 9.88 Å². The zero-order valence-corrected chi connectivity index (χ0v) is 10.5. The summed E-state index contributed by atoms with van der Waals surface area (Å²) in [4.78, 5) is 7.05. The molecule has 1 aromatic rings. The summed E-state index contributed by atoms with van der Waals surface area (Å²) in [5.41, 5.74) is 1.24. The topological polar surface area (TPSA) is 28.2 Å². The van der Waals surface area contributed by atoms with E-state index in [0.29, 0.717) is 0 Å². The fourth-order valence-electron chi connectivity index (χ4n) is 2.71. The first-order chi connectivity index (χ1) is 8.33. The van der Waals surface area contributed by atoms with Crippen molar-refractivity contribution < 1.29 is 0 Å². The van der Waals surface area contributed by atoms with Crippen molar-refractivity contribution in [3.63, 3.8) is 0 Å². The van der Waals surface area contributed by atoms with Crippen LogP contribution in [0.25, 0.3) is 0 Å². The maximum absolute atomic E-state index is 4.38. The normalized spacial score (nSPS) is 25.1. The molecule has 2 heterocycles. The van der Waals surface area contributed by atoms with Crippen molar-refractivity contribution in [2.24, 2.45) is 5.92 Å². The molecule has 1 N–H and O–H groups in total. The summed E-state index contributed by atoms with van der Waals surface area (Å²) >= 11 is 0. The summed E-state index contributed by atoms with van der Waals surface area (Å²) in [6, 6.07) is 5.03. The van der Waals surface area contributed by atoms with Crippen LogP contribution in [0.3, 0.4) is 0 Å². The van der Waals surface area contributed by atoms with Gasteiger partial charge in [0.2, 0.25) is 0 Å². The highest BCUT2D eigenvalue weighted by Gasteiger charge is 2.34. The molecule has 0 spiro atoms. The average molecular weight is 231 g/mol. The zero-order chi connectivity index (χ0) is 11.7. The largest absolute Gasteiger partial charge is 0.370 e. The Morgan fingerprint density at radius 3 is 3.06 bits per heavy atom. The van der Waals surface area contributed by atoms with Crippen LogP contribution in [0, 0.1) is 12.8 Å². The summed E-state index contributed by atoms with van der Waals surface area (Å²) in [6.45, 7) is 5.77. The molecule has 1 aliphatic carbocycles. The molecule has 1 aromatic heterocycles. The summed E-state index contributed by atoms with van der Waals surface area (Å²) in [5, 5.41) is 3.50. The lowest BCUT2D eigenvalue weighted by molar-refractivity contribution is 0.316. The molecule has 1 aliphatic heterocycles. The maximum atomic E-state index is 4.38. The fraction of sp³-hybridized carbons (Fsp3) is 0.643. The third kappa shape index (κ3) is 2.60. The van der Waals surface area contributed by atoms with E-state index < -0.39 is 0 Å². The Kier molecular flexibility index (Phi) is 3.02. The number of pyridine rings is 1. The third-order valence-electron chi connectivity index (χ3n) is 3.95. The van der Waals surface area contributed by atoms with E-state index in [1.54, 1.807) is 0 Å². The Hall–Kier alpha value is -1.09. The Morgan fingerprint density at radius 1 is 1.41 bits per heavy atom. The molecule has 3 heteroatoms. The van der Waals surface area contributed by atoms with Gasteiger partial charge >= 0.3 is 0 Å². The summed E-state index contributed by atoms with van der Waals surface area (Å²) < 4.78 is 0. The van der Waals surface area contributed by atoms with Gasteiger partial charge in [-0.25, -0.2) is 4.98 Å². The number of aromatic nitrogens is 1. The summed E-state index contributed by atoms with van der Waals surface area (Å²) in [7, 11) is 0. The van der Waals surface area contributed by atoms with Gasteiger partial charge in [-0.15, -0.1) is 0 Å². The lowest BCUT2D eigenvalue weighted by Crippen LogP contribution is -2.25. The highest BCUT2D eigenvalue weighted by molar-refractivity contribution is 5.42. The predicted octanol–water partition coefficient (Wildman–Crippen LogP) is 2.29. The van der Waals surface area contributed by atoms with Crippen LogP contribution in [0.4, 0.5) is 5.82 Å². The molecule has 0 radical (unpaired) electrons. The molecule has 1 unspecified atom stereocenters. The second-order valence-corrected chi connectivity index (χ2v) is 5.43. The van der Waals surface area contributed by atoms with E-state index in [0.717, 1.165) is 24.3 Å². The number of nitrogens with one attached hydrogen (secondary N) is 1. The van der Waals surface area contributed by atoms with Gasteiger partial charge in [-0.3, -0.25) is 0 Å². The average Bonchev–Trinajstić information content (AvgIpc) is 3.08. The van der Waals surface area contributed by atoms with Gasteiger partial charge in [0, 0.05) is 25.3 Å². The molecule has 0 aromatic carbocycles. The molecule has 0 bridgehead atoms. The van der Waals surface area contributed by atoms with Gasteiger partial charge in [0.05, 0.1) is 0 Å². The summed E-state index contributed by atoms with van der Waals surface area (Å²) in [5.74, 6) is 1.86. The van der Waals surface area contributed by atoms with Crippen molar-refractivity contribution >= 4 is 5.82 Å². The van der Waals surface area contributed by atoms with Crippen LogP contribution in [0.2, 0.25) is 0 Å². The number of rotatable bonds is 4. The van der Waals surface area contributed by atoms with E-state index in [1.165, 1.54) is 37.9 Å². The van der Waals surface area contributed by atoms with E-state index in [2.05, 4.69) is 28.2 Å². The van der Waals surface area contributed by atoms with E-state index >= 15 is 0 Å². The van der Waals surface area contributed by atoms with Crippen LogP contribution >= 0.6 is 0 Å². The second kappa shape index (κ2) is 4.65. The van der Waals surface area contributed by atoms with E-state index in [4.69, 9.17) is 0 Å². The number of anilines is 1. The van der Waals surface area contributed by atoms with Crippen molar-refractivity contribution in [3.8, 4) is 0 Å². The quantitative estimate of drug-likeness (QED) is 0.861. The molecule has 2 aliphatic rings. The minimum absolute atomic E-state index is 0.803. The van der Waals surface area contributed by atoms with Crippen molar-refractivity contribution in [3.05, 3.63) is 23.9 Å². The van der Waals surface area contributed by atoms with E-state index in [-0.39, 0.29) is 0 Å². The minimum Gasteiger partial charge on any atom is -0.370 e. The first-order valence-corrected chi connectivity index (χ1v) is 6.72. The Balaban J connectivity index is 1.50. The Morgan fingerprint density at radius 2 is 2.29 bits per heavy atom. The molecule has 1 atom stereocenters. The molecule has 2 fully saturated rings. The lowest BCUT2D eigenvalue weighted by atomic mass is 10.1. The number of nitrogens with zero attached hydrogens (tertiary/aromatic N) is 2. The van der Waals surface area contributed by atoms with Gasteiger partial charge < -0.3 is 10.2 Å². The van der Waals surface area contributed by atoms with Crippen molar-refractivity contribution in [2.45, 2.75) is 32.2 Å². The van der Waals surface area contributed by atoms with Crippen LogP contribution in [0.1, 0.15) is 24.8 Å². The monoisotopic (exact) mass is 231 g/mol. The van der Waals surface area contributed by atoms with Crippen molar-refractivity contribution in [1.29, 1.82) is 0 Å². The smallest absolute Gasteiger partial charge is 0.128 e. The molecule has 0 amide bonds. The summed E-state index contributed by atoms with van der Waals surface area (Å²) in [6.07, 6.45) is 6.06. The first kappa shape index (κ1) is 11.0. The number of hydrogen-bond donors (Lipinski definition) is 1. The highest BCUT2D eigenvalue weighted by Crippen LogP contribution is 2.31. The minimum atomic E-state index is 0.803. The zero-order valence-electron chi connectivity index (χ0n) is 10.5. The van der Waals surface area contributed by atoms with Crippen LogP contribution in [-0.4, -0.2) is 35.6 Å². The molecule has 1 saturated carbocycles. The maximum Gasteiger partial charge on any atom is 0.128 e. The third-order valence-corrected chi connectivity index (χ3v) is 3.95. The van der Waals surface area contributed by atoms with Gasteiger partial charge in [-0.05, 0) is 50.3 Å². The second-order valence-electron chi connectivity index (χ2n) is 5.43. The van der Waals surface area contributed by atoms with Crippen LogP contribution in [0.15, 0.2) is 18.3 Å². The molecule has 3 rings (SSSR count). The number of likely N-dealkylation sites (tertiary alicyclic amines) is 1. The SMILES string of the molecule is Cc1cccnc1NCC1CCN(C2CC2)C1. The number of aryl methyl sites for hydroxylation is 1. The van der Waals surface area contributed by atoms with Gasteiger partial charge in [0.15, 0.2) is 0 Å². The van der Waals surface area contributed by atoms with Gasteiger partial charge in [0.25, 0.3) is 0 Å². The first-order valence-electron chi connectivity index (χ1n) is 6.72. The molecule has 92 valence electrons. The van der Waals surface area contributed by atoms with Crippen molar-refractivity contribution in [2.75, 3.05) is 25.0 Å². The predicted molar refractivity (Wildman–Crippen MR) is 70.2 cm³/mol. The molecule has 3 nitrogen and oxygen atoms in total. The number of hydrogen-bond acceptors (Lipinski definition) is 3. The molecular formula is C14H21N3. The van der Waals surface area contributed by atoms with Gasteiger partial charge in [-0.1, -0.05) is 6.07 Å². The van der Waals surface area contributed by atoms with Gasteiger partial charge in [-0.2, -0.15) is 0 Å². The van der Waals surface area contributed by atoms with E-state index in [9.17, 15) is 0 Å². The van der Waals surface area contributed by atoms with Gasteiger partial charge in [0.1, 0.15) is 5.82 Å². The molecular weight excluding hydrogens is 210 g/mol. The Bertz CT molecular complexity index is 387. The van der Waals surface area contributed by atoms with Crippen LogP contribution in [-0.2, 0) is 0 Å². The standard InChI is InChI=1S/C14H21N3/c1-11-3-2-7-15-14(11)16-9-12-6-8-17(10-12)13-4-5-13/h2-3,7,12-13H,4-6,8-10H2,1H3,(H,15,16). The van der Waals surface area contributed by atoms with Crippen LogP contribution in [0.5, 0.6) is 0 Å². The van der Waals surface area contributed by atoms with Crippen LogP contribution < -0.4 is 5.32 Å². The fourth-order valence-corrected chi connectivity index (χ4v) is 2.71.